The van der Waals surface area contributed by atoms with Crippen LogP contribution in [0.15, 0.2) is 40.8 Å². The first-order chi connectivity index (χ1) is 11.7. The van der Waals surface area contributed by atoms with Crippen molar-refractivity contribution in [2.45, 2.75) is 6.18 Å². The van der Waals surface area contributed by atoms with E-state index in [-0.39, 0.29) is 33.3 Å². The van der Waals surface area contributed by atoms with Crippen LogP contribution in [0.5, 0.6) is 5.75 Å². The smallest absolute Gasteiger partial charge is 0.449 e. The molecule has 0 amide bonds. The molecule has 1 heterocycles. The number of benzene rings is 2. The van der Waals surface area contributed by atoms with Gasteiger partial charge in [-0.25, -0.2) is 9.64 Å². The number of aromatic carboxylic acids is 1. The van der Waals surface area contributed by atoms with Crippen LogP contribution < -0.4 is 0 Å². The zero-order valence-electron chi connectivity index (χ0n) is 12.3. The Balaban J connectivity index is 2.28. The molecule has 5 nitrogen and oxygen atoms in total. The van der Waals surface area contributed by atoms with Crippen LogP contribution in [0.1, 0.15) is 16.1 Å². The predicted molar refractivity (Wildman–Crippen MR) is 81.5 cm³/mol. The number of furan rings is 1. The van der Waals surface area contributed by atoms with Gasteiger partial charge in [-0.15, -0.1) is 0 Å². The second-order valence-electron chi connectivity index (χ2n) is 5.17. The molecule has 0 aliphatic carbocycles. The fraction of sp³-hybridized carbons (Fsp3) is 0.0588. The van der Waals surface area contributed by atoms with E-state index in [0.29, 0.717) is 0 Å². The largest absolute Gasteiger partial charge is 0.507 e. The maximum atomic E-state index is 12.9. The number of phenols is 1. The molecular weight excluding hydrogens is 339 g/mol. The molecule has 25 heavy (non-hydrogen) atoms. The number of fused-ring (bicyclic) bond motifs is 1. The summed E-state index contributed by atoms with van der Waals surface area (Å²) in [4.78, 5) is 14.2. The summed E-state index contributed by atoms with van der Waals surface area (Å²) in [6.07, 6.45) is -4.69. The summed E-state index contributed by atoms with van der Waals surface area (Å²) in [5.74, 6) is -3.10. The van der Waals surface area contributed by atoms with Crippen LogP contribution in [-0.4, -0.2) is 16.2 Å². The van der Waals surface area contributed by atoms with Gasteiger partial charge in [0.2, 0.25) is 5.76 Å². The first-order valence-electron chi connectivity index (χ1n) is 6.79. The third kappa shape index (κ3) is 2.87. The number of carbonyl (C=O) groups is 1. The number of aromatic hydroxyl groups is 1. The minimum atomic E-state index is -4.69. The van der Waals surface area contributed by atoms with Crippen molar-refractivity contribution < 1.29 is 32.6 Å². The SMILES string of the molecule is [C-]#[N+]c1cc(-c2ccc(C(=O)O)c(O)c2)c2oc(C(F)(F)F)cc2c1. The zero-order chi connectivity index (χ0) is 18.4. The second kappa shape index (κ2) is 5.56. The Morgan fingerprint density at radius 1 is 1.16 bits per heavy atom. The number of carboxylic acids is 1. The van der Waals surface area contributed by atoms with Crippen molar-refractivity contribution in [2.75, 3.05) is 0 Å². The van der Waals surface area contributed by atoms with Gasteiger partial charge in [0.25, 0.3) is 0 Å². The molecule has 0 aliphatic rings. The summed E-state index contributed by atoms with van der Waals surface area (Å²) >= 11 is 0. The molecule has 126 valence electrons. The third-order valence-electron chi connectivity index (χ3n) is 3.55. The molecule has 0 saturated carbocycles. The monoisotopic (exact) mass is 347 g/mol. The maximum absolute atomic E-state index is 12.9. The van der Waals surface area contributed by atoms with Crippen LogP contribution in [0.2, 0.25) is 0 Å². The molecule has 1 aromatic heterocycles. The van der Waals surface area contributed by atoms with Crippen molar-refractivity contribution in [1.82, 2.24) is 0 Å². The Hall–Kier alpha value is -3.47. The van der Waals surface area contributed by atoms with E-state index >= 15 is 0 Å². The predicted octanol–water partition coefficient (Wildman–Crippen LogP) is 5.07. The van der Waals surface area contributed by atoms with Crippen LogP contribution in [0.4, 0.5) is 18.9 Å². The van der Waals surface area contributed by atoms with Gasteiger partial charge in [-0.05, 0) is 35.9 Å². The Morgan fingerprint density at radius 2 is 1.88 bits per heavy atom. The second-order valence-corrected chi connectivity index (χ2v) is 5.17. The van der Waals surface area contributed by atoms with Crippen molar-refractivity contribution >= 4 is 22.6 Å². The molecule has 8 heteroatoms. The number of nitrogens with zero attached hydrogens (tertiary/aromatic N) is 1. The summed E-state index contributed by atoms with van der Waals surface area (Å²) in [5, 5.41) is 18.8. The van der Waals surface area contributed by atoms with Crippen LogP contribution in [0.25, 0.3) is 26.9 Å². The van der Waals surface area contributed by atoms with Crippen molar-refractivity contribution in [3.63, 3.8) is 0 Å². The molecule has 3 aromatic rings. The summed E-state index contributed by atoms with van der Waals surface area (Å²) in [6.45, 7) is 7.09. The van der Waals surface area contributed by atoms with Gasteiger partial charge in [-0.2, -0.15) is 13.2 Å². The molecule has 0 radical (unpaired) electrons. The third-order valence-corrected chi connectivity index (χ3v) is 3.55. The lowest BCUT2D eigenvalue weighted by molar-refractivity contribution is -0.152. The van der Waals surface area contributed by atoms with Gasteiger partial charge in [-0.1, -0.05) is 6.07 Å². The lowest BCUT2D eigenvalue weighted by atomic mass is 10.0. The molecule has 2 N–H and O–H groups in total. The first kappa shape index (κ1) is 16.4. The van der Waals surface area contributed by atoms with E-state index in [1.165, 1.54) is 18.2 Å². The molecule has 0 aliphatic heterocycles. The van der Waals surface area contributed by atoms with E-state index < -0.39 is 23.7 Å². The Bertz CT molecular complexity index is 1040. The molecule has 0 fully saturated rings. The lowest BCUT2D eigenvalue weighted by Gasteiger charge is -2.07. The zero-order valence-corrected chi connectivity index (χ0v) is 12.3. The van der Waals surface area contributed by atoms with E-state index in [0.717, 1.165) is 18.2 Å². The Labute approximate surface area is 138 Å². The van der Waals surface area contributed by atoms with Crippen LogP contribution in [-0.2, 0) is 6.18 Å². The van der Waals surface area contributed by atoms with Crippen LogP contribution in [0, 0.1) is 6.57 Å². The highest BCUT2D eigenvalue weighted by Crippen LogP contribution is 2.40. The van der Waals surface area contributed by atoms with Gasteiger partial charge >= 0.3 is 12.1 Å². The van der Waals surface area contributed by atoms with Crippen LogP contribution >= 0.6 is 0 Å². The quantitative estimate of drug-likeness (QED) is 0.635. The van der Waals surface area contributed by atoms with E-state index in [1.807, 2.05) is 0 Å². The van der Waals surface area contributed by atoms with E-state index in [2.05, 4.69) is 4.85 Å². The highest BCUT2D eigenvalue weighted by molar-refractivity contribution is 5.98. The average Bonchev–Trinajstić information content (AvgIpc) is 2.97. The molecule has 3 rings (SSSR count). The number of halogens is 3. The van der Waals surface area contributed by atoms with Gasteiger partial charge in [0.1, 0.15) is 16.9 Å². The number of hydrogen-bond donors (Lipinski definition) is 2. The fourth-order valence-corrected chi connectivity index (χ4v) is 2.44. The standard InChI is InChI=1S/C17H8F3NO4/c1-21-10-4-9-6-14(17(18,19)20)25-15(9)12(7-10)8-2-3-11(16(23)24)13(22)5-8/h2-7,22H,(H,23,24). The van der Waals surface area contributed by atoms with Gasteiger partial charge in [0.15, 0.2) is 5.69 Å². The molecular formula is C17H8F3NO4. The average molecular weight is 347 g/mol. The van der Waals surface area contributed by atoms with Gasteiger partial charge in [0.05, 0.1) is 6.57 Å². The highest BCUT2D eigenvalue weighted by atomic mass is 19.4. The Kier molecular flexibility index (Phi) is 3.64. The molecule has 0 atom stereocenters. The minimum Gasteiger partial charge on any atom is -0.507 e. The molecule has 0 bridgehead atoms. The summed E-state index contributed by atoms with van der Waals surface area (Å²) < 4.78 is 43.6. The number of rotatable bonds is 2. The van der Waals surface area contributed by atoms with Crippen molar-refractivity contribution in [2.24, 2.45) is 0 Å². The molecule has 0 unspecified atom stereocenters. The lowest BCUT2D eigenvalue weighted by Crippen LogP contribution is -2.01. The first-order valence-corrected chi connectivity index (χ1v) is 6.79. The van der Waals surface area contributed by atoms with E-state index in [1.54, 1.807) is 0 Å². The number of carboxylic acid groups (broad SMARTS) is 1. The van der Waals surface area contributed by atoms with E-state index in [4.69, 9.17) is 16.1 Å². The maximum Gasteiger partial charge on any atom is 0.449 e. The summed E-state index contributed by atoms with van der Waals surface area (Å²) in [6, 6.07) is 6.91. The van der Waals surface area contributed by atoms with Crippen LogP contribution in [0.3, 0.4) is 0 Å². The van der Waals surface area contributed by atoms with Crippen molar-refractivity contribution in [1.29, 1.82) is 0 Å². The minimum absolute atomic E-state index is 0.0811. The van der Waals surface area contributed by atoms with E-state index in [9.17, 15) is 23.1 Å². The fourth-order valence-electron chi connectivity index (χ4n) is 2.44. The molecule has 2 aromatic carbocycles. The summed E-state index contributed by atoms with van der Waals surface area (Å²) in [5.41, 5.74) is -0.00917. The topological polar surface area (TPSA) is 75.0 Å². The molecule has 0 saturated heterocycles. The van der Waals surface area contributed by atoms with Crippen molar-refractivity contribution in [3.8, 4) is 16.9 Å². The number of hydrogen-bond acceptors (Lipinski definition) is 3. The van der Waals surface area contributed by atoms with Gasteiger partial charge in [0, 0.05) is 10.9 Å². The normalized spacial score (nSPS) is 11.4. The van der Waals surface area contributed by atoms with Gasteiger partial charge in [-0.3, -0.25) is 0 Å². The molecule has 0 spiro atoms. The van der Waals surface area contributed by atoms with Crippen molar-refractivity contribution in [3.05, 3.63) is 59.1 Å². The number of alkyl halides is 3. The summed E-state index contributed by atoms with van der Waals surface area (Å²) in [7, 11) is 0. The Morgan fingerprint density at radius 3 is 2.44 bits per heavy atom. The van der Waals surface area contributed by atoms with Gasteiger partial charge < -0.3 is 14.6 Å². The highest BCUT2D eigenvalue weighted by Gasteiger charge is 2.35.